The second kappa shape index (κ2) is 5.13. The Morgan fingerprint density at radius 2 is 2.47 bits per heavy atom. The molecule has 1 fully saturated rings. The number of hydrogen-bond donors (Lipinski definition) is 4. The number of hydrogen-bond acceptors (Lipinski definition) is 6. The normalized spacial score (nSPS) is 28.3. The van der Waals surface area contributed by atoms with Gasteiger partial charge in [0.1, 0.15) is 11.9 Å². The van der Waals surface area contributed by atoms with Gasteiger partial charge in [0.15, 0.2) is 6.23 Å². The summed E-state index contributed by atoms with van der Waals surface area (Å²) in [7, 11) is 0. The molecule has 0 aliphatic carbocycles. The first-order valence-corrected chi connectivity index (χ1v) is 5.85. The molecule has 4 N–H and O–H groups in total. The highest BCUT2D eigenvalue weighted by Gasteiger charge is 2.33. The molecule has 0 saturated carbocycles. The molecule has 0 unspecified atom stereocenters. The van der Waals surface area contributed by atoms with Crippen molar-refractivity contribution in [2.45, 2.75) is 24.9 Å². The van der Waals surface area contributed by atoms with Gasteiger partial charge in [-0.25, -0.2) is 9.78 Å². The topological polar surface area (TPSA) is 107 Å². The summed E-state index contributed by atoms with van der Waals surface area (Å²) in [5.74, 6) is 0.382. The summed E-state index contributed by atoms with van der Waals surface area (Å²) in [6.07, 6.45) is -0.0975. The number of aliphatic hydroxyl groups excluding tert-OH is 2. The molecule has 2 heterocycles. The van der Waals surface area contributed by atoms with Crippen molar-refractivity contribution in [3.05, 3.63) is 21.2 Å². The monoisotopic (exact) mass is 305 g/mol. The Morgan fingerprint density at radius 1 is 1.71 bits per heavy atom. The molecular formula is C9H12BrN3O4. The molecule has 0 spiro atoms. The minimum absolute atomic E-state index is 0.150. The van der Waals surface area contributed by atoms with E-state index in [-0.39, 0.29) is 6.61 Å². The maximum Gasteiger partial charge on any atom is 0.346 e. The summed E-state index contributed by atoms with van der Waals surface area (Å²) in [6, 6.07) is 0. The SMILES string of the molecule is O=c1ncc(Br)c(N[C@@H]2O[C@H](CO)C[C@H]2O)[nH]1. The van der Waals surface area contributed by atoms with Gasteiger partial charge >= 0.3 is 5.69 Å². The Bertz CT molecular complexity index is 452. The van der Waals surface area contributed by atoms with E-state index >= 15 is 0 Å². The number of H-pyrrole nitrogens is 1. The Kier molecular flexibility index (Phi) is 3.77. The largest absolute Gasteiger partial charge is 0.394 e. The molecule has 1 aliphatic rings. The fraction of sp³-hybridized carbons (Fsp3) is 0.556. The maximum atomic E-state index is 11.0. The molecule has 94 valence electrons. The number of nitrogens with one attached hydrogen (secondary N) is 2. The number of nitrogens with zero attached hydrogens (tertiary/aromatic N) is 1. The third-order valence-electron chi connectivity index (χ3n) is 2.45. The quantitative estimate of drug-likeness (QED) is 0.595. The summed E-state index contributed by atoms with van der Waals surface area (Å²) in [4.78, 5) is 17.0. The van der Waals surface area contributed by atoms with E-state index in [9.17, 15) is 9.90 Å². The van der Waals surface area contributed by atoms with E-state index in [1.165, 1.54) is 6.20 Å². The van der Waals surface area contributed by atoms with Crippen LogP contribution in [-0.2, 0) is 4.74 Å². The third kappa shape index (κ3) is 2.83. The van der Waals surface area contributed by atoms with Gasteiger partial charge in [-0.2, -0.15) is 0 Å². The number of aliphatic hydroxyl groups is 2. The van der Waals surface area contributed by atoms with Gasteiger partial charge in [0.2, 0.25) is 0 Å². The summed E-state index contributed by atoms with van der Waals surface area (Å²) in [5, 5.41) is 21.5. The van der Waals surface area contributed by atoms with Crippen LogP contribution in [0.25, 0.3) is 0 Å². The molecule has 7 nitrogen and oxygen atoms in total. The van der Waals surface area contributed by atoms with Crippen molar-refractivity contribution in [2.24, 2.45) is 0 Å². The molecule has 1 aliphatic heterocycles. The van der Waals surface area contributed by atoms with E-state index in [0.29, 0.717) is 16.7 Å². The molecule has 0 bridgehead atoms. The fourth-order valence-corrected chi connectivity index (χ4v) is 1.94. The Labute approximate surface area is 105 Å². The van der Waals surface area contributed by atoms with E-state index in [1.807, 2.05) is 0 Å². The van der Waals surface area contributed by atoms with Gasteiger partial charge in [0, 0.05) is 6.42 Å². The lowest BCUT2D eigenvalue weighted by Crippen LogP contribution is -2.31. The van der Waals surface area contributed by atoms with Crippen molar-refractivity contribution < 1.29 is 14.9 Å². The number of ether oxygens (including phenoxy) is 1. The van der Waals surface area contributed by atoms with Gasteiger partial charge in [-0.3, -0.25) is 4.98 Å². The van der Waals surface area contributed by atoms with Crippen molar-refractivity contribution in [1.82, 2.24) is 9.97 Å². The average molecular weight is 306 g/mol. The molecule has 3 atom stereocenters. The summed E-state index contributed by atoms with van der Waals surface area (Å²) < 4.78 is 5.90. The zero-order chi connectivity index (χ0) is 12.4. The highest BCUT2D eigenvalue weighted by molar-refractivity contribution is 9.10. The van der Waals surface area contributed by atoms with Crippen molar-refractivity contribution in [2.75, 3.05) is 11.9 Å². The standard InChI is InChI=1S/C9H12BrN3O4/c10-5-2-11-9(16)13-7(5)12-8-6(15)1-4(3-14)17-8/h2,4,6,8,14-15H,1,3H2,(H2,11,12,13,16)/t4-,6+,8+/m0/s1. The van der Waals surface area contributed by atoms with Crippen LogP contribution in [0, 0.1) is 0 Å². The summed E-state index contributed by atoms with van der Waals surface area (Å²) in [5.41, 5.74) is -0.498. The van der Waals surface area contributed by atoms with Crippen molar-refractivity contribution >= 4 is 21.7 Å². The van der Waals surface area contributed by atoms with Crippen LogP contribution in [-0.4, -0.2) is 45.2 Å². The second-order valence-electron chi connectivity index (χ2n) is 3.72. The highest BCUT2D eigenvalue weighted by Crippen LogP contribution is 2.24. The first-order valence-electron chi connectivity index (χ1n) is 5.06. The van der Waals surface area contributed by atoms with Crippen LogP contribution in [0.3, 0.4) is 0 Å². The predicted octanol–water partition coefficient (Wildman–Crippen LogP) is -0.588. The molecule has 2 rings (SSSR count). The maximum absolute atomic E-state index is 11.0. The number of rotatable bonds is 3. The summed E-state index contributed by atoms with van der Waals surface area (Å²) >= 11 is 3.21. The van der Waals surface area contributed by atoms with Crippen LogP contribution in [0.2, 0.25) is 0 Å². The van der Waals surface area contributed by atoms with Gasteiger partial charge in [-0.1, -0.05) is 0 Å². The Hall–Kier alpha value is -0.960. The van der Waals surface area contributed by atoms with Gasteiger partial charge in [0.05, 0.1) is 23.4 Å². The number of aromatic amines is 1. The number of halogens is 1. The van der Waals surface area contributed by atoms with Crippen molar-refractivity contribution in [3.8, 4) is 0 Å². The zero-order valence-corrected chi connectivity index (χ0v) is 10.3. The highest BCUT2D eigenvalue weighted by atomic mass is 79.9. The van der Waals surface area contributed by atoms with Crippen LogP contribution in [0.1, 0.15) is 6.42 Å². The van der Waals surface area contributed by atoms with E-state index < -0.39 is 24.1 Å². The first-order chi connectivity index (χ1) is 8.10. The average Bonchev–Trinajstić information content (AvgIpc) is 2.65. The minimum Gasteiger partial charge on any atom is -0.394 e. The van der Waals surface area contributed by atoms with Crippen LogP contribution in [0.5, 0.6) is 0 Å². The lowest BCUT2D eigenvalue weighted by Gasteiger charge is -2.17. The lowest BCUT2D eigenvalue weighted by molar-refractivity contribution is 0.00510. The smallest absolute Gasteiger partial charge is 0.346 e. The third-order valence-corrected chi connectivity index (χ3v) is 3.05. The molecule has 0 amide bonds. The van der Waals surface area contributed by atoms with Crippen LogP contribution in [0.15, 0.2) is 15.5 Å². The second-order valence-corrected chi connectivity index (χ2v) is 4.57. The first kappa shape index (κ1) is 12.5. The van der Waals surface area contributed by atoms with Gasteiger partial charge in [-0.05, 0) is 15.9 Å². The number of aromatic nitrogens is 2. The van der Waals surface area contributed by atoms with E-state index in [4.69, 9.17) is 9.84 Å². The van der Waals surface area contributed by atoms with Gasteiger partial charge in [0.25, 0.3) is 0 Å². The van der Waals surface area contributed by atoms with E-state index in [1.54, 1.807) is 0 Å². The minimum atomic E-state index is -0.740. The van der Waals surface area contributed by atoms with E-state index in [0.717, 1.165) is 0 Å². The molecule has 0 aromatic carbocycles. The van der Waals surface area contributed by atoms with Crippen molar-refractivity contribution in [1.29, 1.82) is 0 Å². The molecule has 17 heavy (non-hydrogen) atoms. The summed E-state index contributed by atoms with van der Waals surface area (Å²) in [6.45, 7) is -0.150. The molecule has 8 heteroatoms. The number of anilines is 1. The van der Waals surface area contributed by atoms with E-state index in [2.05, 4.69) is 31.2 Å². The molecular weight excluding hydrogens is 294 g/mol. The Balaban J connectivity index is 2.11. The van der Waals surface area contributed by atoms with Gasteiger partial charge in [-0.15, -0.1) is 0 Å². The molecule has 1 saturated heterocycles. The fourth-order valence-electron chi connectivity index (χ4n) is 1.62. The Morgan fingerprint density at radius 3 is 3.12 bits per heavy atom. The van der Waals surface area contributed by atoms with Gasteiger partial charge < -0.3 is 20.3 Å². The van der Waals surface area contributed by atoms with Crippen LogP contribution < -0.4 is 11.0 Å². The molecule has 0 radical (unpaired) electrons. The molecule has 1 aromatic rings. The van der Waals surface area contributed by atoms with Crippen LogP contribution >= 0.6 is 15.9 Å². The predicted molar refractivity (Wildman–Crippen MR) is 62.6 cm³/mol. The van der Waals surface area contributed by atoms with Crippen molar-refractivity contribution in [3.63, 3.8) is 0 Å². The zero-order valence-electron chi connectivity index (χ0n) is 8.76. The van der Waals surface area contributed by atoms with Crippen LogP contribution in [0.4, 0.5) is 5.82 Å². The molecule has 1 aromatic heterocycles. The lowest BCUT2D eigenvalue weighted by atomic mass is 10.2.